The van der Waals surface area contributed by atoms with Gasteiger partial charge in [0, 0.05) is 30.3 Å². The number of nitrogens with two attached hydrogens (primary N) is 1. The summed E-state index contributed by atoms with van der Waals surface area (Å²) in [7, 11) is -1.21. The summed E-state index contributed by atoms with van der Waals surface area (Å²) < 4.78 is 54.6. The summed E-state index contributed by atoms with van der Waals surface area (Å²) in [6, 6.07) is 8.66. The lowest BCUT2D eigenvalue weighted by molar-refractivity contribution is -0.149. The Kier molecular flexibility index (Phi) is 14.8. The summed E-state index contributed by atoms with van der Waals surface area (Å²) in [4.78, 5) is 51.2. The number of carbonyl (C=O) groups is 4. The lowest BCUT2D eigenvalue weighted by atomic mass is 9.83. The largest absolute Gasteiger partial charge is 0.465 e. The predicted molar refractivity (Wildman–Crippen MR) is 177 cm³/mol. The number of ether oxygens (including phenoxy) is 3. The number of sulfone groups is 1. The first-order valence-corrected chi connectivity index (χ1v) is 18.5. The van der Waals surface area contributed by atoms with Crippen LogP contribution in [0.15, 0.2) is 53.4 Å². The molecule has 0 fully saturated rings. The van der Waals surface area contributed by atoms with E-state index < -0.39 is 57.2 Å². The molecule has 2 atom stereocenters. The van der Waals surface area contributed by atoms with E-state index in [1.54, 1.807) is 13.8 Å². The molecular weight excluding hydrogens is 660 g/mol. The zero-order valence-electron chi connectivity index (χ0n) is 26.5. The number of hydrogen-bond acceptors (Lipinski definition) is 12. The fraction of sp³-hybridized carbons (Fsp3) is 0.419. The quantitative estimate of drug-likeness (QED) is 0.0651. The standard InChI is InChI=1S/C31H39FN2O9S3/c1-7-41-29(37)24(33)17-44-45-18-25(30(38)42-8-2)34-28(36)26(21-10-9-11-22(32)16-21)27(31(4,5)43-19(3)35)20-12-14-23(15-13-20)46(6,39)40/h9-16,24-25H,7-8,17-18,33H2,1-6H3,(H,34,36)/b27-26-. The van der Waals surface area contributed by atoms with Gasteiger partial charge in [0.05, 0.1) is 23.7 Å². The monoisotopic (exact) mass is 698 g/mol. The molecular formula is C31H39FN2O9S3. The van der Waals surface area contributed by atoms with Crippen LogP contribution in [0.2, 0.25) is 0 Å². The maximum absolute atomic E-state index is 14.6. The highest BCUT2D eigenvalue weighted by Gasteiger charge is 2.35. The van der Waals surface area contributed by atoms with E-state index in [4.69, 9.17) is 19.9 Å². The van der Waals surface area contributed by atoms with E-state index in [2.05, 4.69) is 5.32 Å². The van der Waals surface area contributed by atoms with Crippen molar-refractivity contribution in [1.29, 1.82) is 0 Å². The van der Waals surface area contributed by atoms with Crippen molar-refractivity contribution in [3.63, 3.8) is 0 Å². The third kappa shape index (κ3) is 11.4. The van der Waals surface area contributed by atoms with Crippen molar-refractivity contribution >= 4 is 66.4 Å². The molecule has 2 rings (SSSR count). The van der Waals surface area contributed by atoms with Crippen molar-refractivity contribution < 1.29 is 46.2 Å². The fourth-order valence-corrected chi connectivity index (χ4v) is 7.19. The van der Waals surface area contributed by atoms with E-state index in [0.717, 1.165) is 23.1 Å². The topological polar surface area (TPSA) is 168 Å². The van der Waals surface area contributed by atoms with Crippen LogP contribution in [0.5, 0.6) is 0 Å². The summed E-state index contributed by atoms with van der Waals surface area (Å²) in [6.07, 6.45) is 1.05. The van der Waals surface area contributed by atoms with Crippen molar-refractivity contribution in [3.8, 4) is 0 Å². The molecule has 0 spiro atoms. The average Bonchev–Trinajstić information content (AvgIpc) is 2.96. The molecule has 0 aliphatic heterocycles. The molecule has 15 heteroatoms. The van der Waals surface area contributed by atoms with Crippen LogP contribution in [-0.2, 0) is 43.2 Å². The number of esters is 3. The van der Waals surface area contributed by atoms with E-state index in [1.165, 1.54) is 74.0 Å². The smallest absolute Gasteiger partial charge is 0.329 e. The lowest BCUT2D eigenvalue weighted by Crippen LogP contribution is -2.44. The van der Waals surface area contributed by atoms with Crippen LogP contribution < -0.4 is 11.1 Å². The van der Waals surface area contributed by atoms with Gasteiger partial charge in [-0.05, 0) is 63.1 Å². The molecule has 252 valence electrons. The third-order valence-electron chi connectivity index (χ3n) is 6.19. The number of benzene rings is 2. The Hall–Kier alpha value is -3.40. The third-order valence-corrected chi connectivity index (χ3v) is 9.77. The molecule has 0 aliphatic carbocycles. The fourth-order valence-electron chi connectivity index (χ4n) is 4.30. The minimum absolute atomic E-state index is 0.00689. The van der Waals surface area contributed by atoms with E-state index in [0.29, 0.717) is 5.56 Å². The van der Waals surface area contributed by atoms with Gasteiger partial charge in [-0.1, -0.05) is 45.9 Å². The normalized spacial score (nSPS) is 13.6. The molecule has 0 aliphatic rings. The zero-order chi connectivity index (χ0) is 34.7. The molecule has 2 unspecified atom stereocenters. The molecule has 0 saturated heterocycles. The first kappa shape index (κ1) is 38.8. The molecule has 0 aromatic heterocycles. The first-order valence-electron chi connectivity index (χ1n) is 14.2. The maximum Gasteiger partial charge on any atom is 0.329 e. The van der Waals surface area contributed by atoms with Crippen LogP contribution in [0.1, 0.15) is 45.7 Å². The van der Waals surface area contributed by atoms with Crippen LogP contribution in [0, 0.1) is 5.82 Å². The van der Waals surface area contributed by atoms with Gasteiger partial charge < -0.3 is 25.3 Å². The predicted octanol–water partition coefficient (Wildman–Crippen LogP) is 3.80. The Bertz CT molecular complexity index is 1540. The van der Waals surface area contributed by atoms with Gasteiger partial charge in [-0.25, -0.2) is 17.6 Å². The van der Waals surface area contributed by atoms with E-state index >= 15 is 0 Å². The van der Waals surface area contributed by atoms with E-state index in [-0.39, 0.29) is 46.3 Å². The van der Waals surface area contributed by atoms with Crippen LogP contribution >= 0.6 is 21.6 Å². The SMILES string of the molecule is CCOC(=O)C(N)CSSCC(NC(=O)/C(=C(/c1ccc(S(C)(=O)=O)cc1)C(C)(C)OC(C)=O)c1cccc(F)c1)C(=O)OCC. The van der Waals surface area contributed by atoms with Crippen LogP contribution in [0.25, 0.3) is 11.1 Å². The lowest BCUT2D eigenvalue weighted by Gasteiger charge is -2.31. The van der Waals surface area contributed by atoms with Gasteiger partial charge >= 0.3 is 17.9 Å². The molecule has 2 aromatic rings. The second kappa shape index (κ2) is 17.5. The Balaban J connectivity index is 2.66. The van der Waals surface area contributed by atoms with Gasteiger partial charge in [-0.2, -0.15) is 0 Å². The molecule has 0 heterocycles. The number of amides is 1. The Labute approximate surface area is 276 Å². The summed E-state index contributed by atoms with van der Waals surface area (Å²) in [5.74, 6) is -3.28. The van der Waals surface area contributed by atoms with E-state index in [9.17, 15) is 32.0 Å². The Morgan fingerprint density at radius 1 is 0.935 bits per heavy atom. The average molecular weight is 699 g/mol. The molecule has 46 heavy (non-hydrogen) atoms. The molecule has 3 N–H and O–H groups in total. The molecule has 2 aromatic carbocycles. The van der Waals surface area contributed by atoms with Gasteiger partial charge in [-0.3, -0.25) is 14.4 Å². The minimum atomic E-state index is -3.57. The van der Waals surface area contributed by atoms with Gasteiger partial charge in [0.15, 0.2) is 9.84 Å². The number of carbonyl (C=O) groups excluding carboxylic acids is 4. The second-order valence-corrected chi connectivity index (χ2v) is 14.9. The van der Waals surface area contributed by atoms with Crippen LogP contribution in [-0.4, -0.2) is 80.9 Å². The highest BCUT2D eigenvalue weighted by Crippen LogP contribution is 2.38. The number of halogens is 1. The first-order chi connectivity index (χ1) is 21.5. The Morgan fingerprint density at radius 3 is 2.07 bits per heavy atom. The highest BCUT2D eigenvalue weighted by molar-refractivity contribution is 8.76. The number of rotatable bonds is 16. The molecule has 1 amide bonds. The van der Waals surface area contributed by atoms with E-state index in [1.807, 2.05) is 0 Å². The summed E-state index contributed by atoms with van der Waals surface area (Å²) >= 11 is 0. The molecule has 11 nitrogen and oxygen atoms in total. The number of nitrogens with one attached hydrogen (secondary N) is 1. The molecule has 0 bridgehead atoms. The summed E-state index contributed by atoms with van der Waals surface area (Å²) in [5, 5.41) is 2.67. The van der Waals surface area contributed by atoms with Crippen molar-refractivity contribution in [2.75, 3.05) is 31.0 Å². The summed E-state index contributed by atoms with van der Waals surface area (Å²) in [6.45, 7) is 7.73. The minimum Gasteiger partial charge on any atom is -0.465 e. The van der Waals surface area contributed by atoms with Crippen LogP contribution in [0.4, 0.5) is 4.39 Å². The van der Waals surface area contributed by atoms with Crippen LogP contribution in [0.3, 0.4) is 0 Å². The van der Waals surface area contributed by atoms with Crippen molar-refractivity contribution in [2.24, 2.45) is 5.73 Å². The second-order valence-electron chi connectivity index (χ2n) is 10.4. The Morgan fingerprint density at radius 2 is 1.52 bits per heavy atom. The van der Waals surface area contributed by atoms with Crippen molar-refractivity contribution in [3.05, 3.63) is 65.5 Å². The van der Waals surface area contributed by atoms with Crippen molar-refractivity contribution in [1.82, 2.24) is 5.32 Å². The number of hydrogen-bond donors (Lipinski definition) is 2. The van der Waals surface area contributed by atoms with Gasteiger partial charge in [0.1, 0.15) is 23.5 Å². The molecule has 0 saturated carbocycles. The van der Waals surface area contributed by atoms with Crippen molar-refractivity contribution in [2.45, 2.75) is 57.2 Å². The van der Waals surface area contributed by atoms with Gasteiger partial charge in [0.25, 0.3) is 5.91 Å². The van der Waals surface area contributed by atoms with Gasteiger partial charge in [-0.15, -0.1) is 0 Å². The van der Waals surface area contributed by atoms with Gasteiger partial charge in [0.2, 0.25) is 0 Å². The zero-order valence-corrected chi connectivity index (χ0v) is 28.9. The molecule has 0 radical (unpaired) electrons. The highest BCUT2D eigenvalue weighted by atomic mass is 33.1. The summed E-state index contributed by atoms with van der Waals surface area (Å²) in [5.41, 5.74) is 4.73. The maximum atomic E-state index is 14.6.